The molecule has 1 unspecified atom stereocenters. The molecule has 0 fully saturated rings. The predicted octanol–water partition coefficient (Wildman–Crippen LogP) is 3.59. The van der Waals surface area contributed by atoms with Crippen LogP contribution in [0.25, 0.3) is 5.78 Å². The van der Waals surface area contributed by atoms with Crippen molar-refractivity contribution in [2.45, 2.75) is 26.9 Å². The van der Waals surface area contributed by atoms with Gasteiger partial charge in [-0.25, -0.2) is 14.3 Å². The molecule has 0 radical (unpaired) electrons. The number of hydrogen-bond acceptors (Lipinski definition) is 6. The molecule has 2 aromatic heterocycles. The second-order valence-corrected chi connectivity index (χ2v) is 7.24. The molecule has 156 valence electrons. The number of benzene rings is 2. The van der Waals surface area contributed by atoms with Gasteiger partial charge in [0.1, 0.15) is 0 Å². The monoisotopic (exact) mass is 415 g/mol. The highest BCUT2D eigenvalue weighted by Gasteiger charge is 2.28. The number of rotatable bonds is 5. The number of fused-ring (bicyclic) bond motifs is 1. The second-order valence-electron chi connectivity index (χ2n) is 7.24. The maximum atomic E-state index is 13.1. The molecular weight excluding hydrogens is 394 g/mol. The Hall–Kier alpha value is -4.07. The SMILES string of the molecule is Cc1ccc(C)c(NC(=O)C(OC(=O)c2nc3nccc(C)n3n2)c2ccccc2)c1. The van der Waals surface area contributed by atoms with Crippen LogP contribution in [0.2, 0.25) is 0 Å². The molecule has 0 saturated heterocycles. The largest absolute Gasteiger partial charge is 0.441 e. The van der Waals surface area contributed by atoms with Crippen molar-refractivity contribution >= 4 is 23.3 Å². The van der Waals surface area contributed by atoms with E-state index in [4.69, 9.17) is 4.74 Å². The van der Waals surface area contributed by atoms with Crippen LogP contribution >= 0.6 is 0 Å². The van der Waals surface area contributed by atoms with Crippen LogP contribution in [0.3, 0.4) is 0 Å². The lowest BCUT2D eigenvalue weighted by molar-refractivity contribution is -0.125. The quantitative estimate of drug-likeness (QED) is 0.500. The second kappa shape index (κ2) is 8.35. The lowest BCUT2D eigenvalue weighted by Gasteiger charge is -2.18. The van der Waals surface area contributed by atoms with Crippen LogP contribution in [-0.2, 0) is 9.53 Å². The Morgan fingerprint density at radius 3 is 2.55 bits per heavy atom. The van der Waals surface area contributed by atoms with E-state index in [1.54, 1.807) is 36.5 Å². The normalized spacial score (nSPS) is 11.8. The summed E-state index contributed by atoms with van der Waals surface area (Å²) in [6.07, 6.45) is 0.410. The lowest BCUT2D eigenvalue weighted by Crippen LogP contribution is -2.26. The zero-order valence-electron chi connectivity index (χ0n) is 17.4. The number of esters is 1. The molecule has 8 nitrogen and oxygen atoms in total. The standard InChI is InChI=1S/C23H21N5O3/c1-14-9-10-15(2)18(13-14)25-21(29)19(17-7-5-4-6-8-17)31-22(30)20-26-23-24-12-11-16(3)28(23)27-20/h4-13,19H,1-3H3,(H,25,29). The molecule has 4 rings (SSSR count). The Labute approximate surface area is 178 Å². The van der Waals surface area contributed by atoms with Crippen molar-refractivity contribution in [3.63, 3.8) is 0 Å². The fourth-order valence-corrected chi connectivity index (χ4v) is 3.12. The topological polar surface area (TPSA) is 98.5 Å². The number of aromatic nitrogens is 4. The van der Waals surface area contributed by atoms with Gasteiger partial charge in [-0.15, -0.1) is 5.10 Å². The third kappa shape index (κ3) is 4.28. The minimum Gasteiger partial charge on any atom is -0.441 e. The van der Waals surface area contributed by atoms with Crippen molar-refractivity contribution in [2.75, 3.05) is 5.32 Å². The molecule has 0 aliphatic heterocycles. The third-order valence-electron chi connectivity index (χ3n) is 4.83. The maximum Gasteiger partial charge on any atom is 0.379 e. The molecule has 2 heterocycles. The molecule has 1 N–H and O–H groups in total. The Kier molecular flexibility index (Phi) is 5.44. The number of nitrogens with one attached hydrogen (secondary N) is 1. The van der Waals surface area contributed by atoms with Gasteiger partial charge in [-0.1, -0.05) is 42.5 Å². The number of carbonyl (C=O) groups excluding carboxylic acids is 2. The van der Waals surface area contributed by atoms with E-state index in [0.717, 1.165) is 16.8 Å². The van der Waals surface area contributed by atoms with Crippen LogP contribution in [0, 0.1) is 20.8 Å². The van der Waals surface area contributed by atoms with Crippen LogP contribution in [0.5, 0.6) is 0 Å². The number of nitrogens with zero attached hydrogens (tertiary/aromatic N) is 4. The first-order chi connectivity index (χ1) is 14.9. The smallest absolute Gasteiger partial charge is 0.379 e. The molecule has 1 atom stereocenters. The fraction of sp³-hybridized carbons (Fsp3) is 0.174. The highest BCUT2D eigenvalue weighted by Crippen LogP contribution is 2.23. The van der Waals surface area contributed by atoms with Gasteiger partial charge in [0.15, 0.2) is 0 Å². The van der Waals surface area contributed by atoms with Crippen molar-refractivity contribution in [1.29, 1.82) is 0 Å². The van der Waals surface area contributed by atoms with Gasteiger partial charge in [0.25, 0.3) is 17.5 Å². The van der Waals surface area contributed by atoms with Gasteiger partial charge in [-0.3, -0.25) is 4.79 Å². The van der Waals surface area contributed by atoms with Gasteiger partial charge in [0.2, 0.25) is 6.10 Å². The zero-order chi connectivity index (χ0) is 22.0. The van der Waals surface area contributed by atoms with E-state index < -0.39 is 18.0 Å². The molecule has 31 heavy (non-hydrogen) atoms. The predicted molar refractivity (Wildman–Crippen MR) is 115 cm³/mol. The summed E-state index contributed by atoms with van der Waals surface area (Å²) in [7, 11) is 0. The molecule has 0 spiro atoms. The van der Waals surface area contributed by atoms with Crippen molar-refractivity contribution in [2.24, 2.45) is 0 Å². The molecule has 0 aliphatic rings. The average Bonchev–Trinajstić information content (AvgIpc) is 3.21. The van der Waals surface area contributed by atoms with E-state index in [-0.39, 0.29) is 11.6 Å². The van der Waals surface area contributed by atoms with E-state index in [0.29, 0.717) is 11.3 Å². The van der Waals surface area contributed by atoms with Crippen molar-refractivity contribution in [3.05, 3.63) is 89.0 Å². The minimum atomic E-state index is -1.17. The van der Waals surface area contributed by atoms with Gasteiger partial charge in [-0.2, -0.15) is 4.98 Å². The highest BCUT2D eigenvalue weighted by atomic mass is 16.5. The highest BCUT2D eigenvalue weighted by molar-refractivity contribution is 5.98. The molecule has 0 bridgehead atoms. The summed E-state index contributed by atoms with van der Waals surface area (Å²) in [6, 6.07) is 16.3. The molecule has 8 heteroatoms. The Morgan fingerprint density at radius 1 is 1.03 bits per heavy atom. The van der Waals surface area contributed by atoms with Crippen molar-refractivity contribution in [1.82, 2.24) is 19.6 Å². The number of carbonyl (C=O) groups is 2. The summed E-state index contributed by atoms with van der Waals surface area (Å²) in [6.45, 7) is 5.66. The summed E-state index contributed by atoms with van der Waals surface area (Å²) in [5, 5.41) is 7.03. The molecule has 2 aromatic carbocycles. The molecule has 4 aromatic rings. The Morgan fingerprint density at radius 2 is 1.81 bits per heavy atom. The number of ether oxygens (including phenoxy) is 1. The number of aryl methyl sites for hydroxylation is 3. The van der Waals surface area contributed by atoms with Crippen LogP contribution in [0.4, 0.5) is 5.69 Å². The van der Waals surface area contributed by atoms with E-state index in [1.165, 1.54) is 4.52 Å². The Balaban J connectivity index is 1.63. The summed E-state index contributed by atoms with van der Waals surface area (Å²) >= 11 is 0. The Bertz CT molecular complexity index is 1270. The van der Waals surface area contributed by atoms with Crippen molar-refractivity contribution in [3.8, 4) is 0 Å². The van der Waals surface area contributed by atoms with E-state index in [2.05, 4.69) is 20.4 Å². The van der Waals surface area contributed by atoms with Crippen molar-refractivity contribution < 1.29 is 14.3 Å². The summed E-state index contributed by atoms with van der Waals surface area (Å²) in [5.74, 6) is -1.16. The van der Waals surface area contributed by atoms with Crippen LogP contribution in [0.15, 0.2) is 60.8 Å². The van der Waals surface area contributed by atoms with E-state index in [1.807, 2.05) is 45.0 Å². The summed E-state index contributed by atoms with van der Waals surface area (Å²) < 4.78 is 7.03. The van der Waals surface area contributed by atoms with Gasteiger partial charge in [0.05, 0.1) is 0 Å². The van der Waals surface area contributed by atoms with Gasteiger partial charge >= 0.3 is 5.97 Å². The van der Waals surface area contributed by atoms with E-state index >= 15 is 0 Å². The van der Waals surface area contributed by atoms with Crippen LogP contribution < -0.4 is 5.32 Å². The van der Waals surface area contributed by atoms with E-state index in [9.17, 15) is 9.59 Å². The van der Waals surface area contributed by atoms with Gasteiger partial charge in [-0.05, 0) is 44.0 Å². The summed E-state index contributed by atoms with van der Waals surface area (Å²) in [5.41, 5.74) is 3.87. The number of hydrogen-bond donors (Lipinski definition) is 1. The molecule has 0 aliphatic carbocycles. The first-order valence-corrected chi connectivity index (χ1v) is 9.75. The first-order valence-electron chi connectivity index (χ1n) is 9.75. The third-order valence-corrected chi connectivity index (χ3v) is 4.83. The number of amides is 1. The van der Waals surface area contributed by atoms with Gasteiger partial charge < -0.3 is 10.1 Å². The minimum absolute atomic E-state index is 0.165. The molecular formula is C23H21N5O3. The summed E-state index contributed by atoms with van der Waals surface area (Å²) in [4.78, 5) is 34.2. The van der Waals surface area contributed by atoms with Gasteiger partial charge in [0, 0.05) is 23.1 Å². The van der Waals surface area contributed by atoms with Crippen LogP contribution in [0.1, 0.15) is 39.1 Å². The van der Waals surface area contributed by atoms with Crippen LogP contribution in [-0.4, -0.2) is 31.5 Å². The average molecular weight is 415 g/mol. The molecule has 0 saturated carbocycles. The lowest BCUT2D eigenvalue weighted by atomic mass is 10.1. The first kappa shape index (κ1) is 20.2. The maximum absolute atomic E-state index is 13.1. The zero-order valence-corrected chi connectivity index (χ0v) is 17.4. The number of anilines is 1. The fourth-order valence-electron chi connectivity index (χ4n) is 3.12. The molecule has 1 amide bonds.